The molecule has 1 fully saturated rings. The van der Waals surface area contributed by atoms with Crippen LogP contribution in [0.15, 0.2) is 67.0 Å². The minimum atomic E-state index is 0.350. The van der Waals surface area contributed by atoms with Crippen molar-refractivity contribution in [1.82, 2.24) is 19.6 Å². The number of hydrogen-bond donors (Lipinski definition) is 0. The Morgan fingerprint density at radius 1 is 1.00 bits per heavy atom. The first-order chi connectivity index (χ1) is 13.3. The van der Waals surface area contributed by atoms with Crippen LogP contribution < -0.4 is 4.90 Å². The summed E-state index contributed by atoms with van der Waals surface area (Å²) in [5.41, 5.74) is 4.68. The summed E-state index contributed by atoms with van der Waals surface area (Å²) in [7, 11) is 0. The molecule has 0 bridgehead atoms. The second-order valence-corrected chi connectivity index (χ2v) is 7.10. The fourth-order valence-electron chi connectivity index (χ4n) is 4.02. The molecule has 1 saturated heterocycles. The molecule has 1 aliphatic heterocycles. The molecule has 1 unspecified atom stereocenters. The zero-order chi connectivity index (χ0) is 18.2. The number of anilines is 1. The second-order valence-electron chi connectivity index (χ2n) is 7.10. The molecule has 3 heterocycles. The summed E-state index contributed by atoms with van der Waals surface area (Å²) in [4.78, 5) is 11.5. The van der Waals surface area contributed by atoms with Crippen molar-refractivity contribution in [3.63, 3.8) is 0 Å². The van der Waals surface area contributed by atoms with E-state index in [2.05, 4.69) is 64.4 Å². The SMILES string of the molecule is Cc1cccc(C2CCCN2c2cc(-c3ccccc3)nc3ncnn23)c1. The maximum Gasteiger partial charge on any atom is 0.254 e. The summed E-state index contributed by atoms with van der Waals surface area (Å²) < 4.78 is 1.86. The number of nitrogens with zero attached hydrogens (tertiary/aromatic N) is 5. The standard InChI is InChI=1S/C22H21N5/c1-16-7-5-10-18(13-16)20-11-6-12-26(20)21-14-19(17-8-3-2-4-9-17)25-22-23-15-24-27(21)22/h2-5,7-10,13-15,20H,6,11-12H2,1H3. The van der Waals surface area contributed by atoms with Gasteiger partial charge in [0.1, 0.15) is 12.1 Å². The third-order valence-electron chi connectivity index (χ3n) is 5.28. The molecule has 5 nitrogen and oxygen atoms in total. The number of rotatable bonds is 3. The van der Waals surface area contributed by atoms with Gasteiger partial charge in [0, 0.05) is 18.2 Å². The molecule has 134 valence electrons. The highest BCUT2D eigenvalue weighted by Gasteiger charge is 2.29. The van der Waals surface area contributed by atoms with Crippen molar-refractivity contribution in [2.45, 2.75) is 25.8 Å². The third kappa shape index (κ3) is 2.85. The molecular weight excluding hydrogens is 334 g/mol. The molecule has 5 rings (SSSR count). The fraction of sp³-hybridized carbons (Fsp3) is 0.227. The zero-order valence-electron chi connectivity index (χ0n) is 15.3. The smallest absolute Gasteiger partial charge is 0.254 e. The predicted octanol–water partition coefficient (Wildman–Crippen LogP) is 4.44. The van der Waals surface area contributed by atoms with E-state index in [-0.39, 0.29) is 0 Å². The molecule has 2 aromatic carbocycles. The topological polar surface area (TPSA) is 46.3 Å². The van der Waals surface area contributed by atoms with E-state index in [0.29, 0.717) is 11.8 Å². The number of aromatic nitrogens is 4. The van der Waals surface area contributed by atoms with Crippen LogP contribution in [0.3, 0.4) is 0 Å². The Balaban J connectivity index is 1.64. The van der Waals surface area contributed by atoms with Gasteiger partial charge in [0.05, 0.1) is 11.7 Å². The Morgan fingerprint density at radius 3 is 2.74 bits per heavy atom. The molecule has 5 heteroatoms. The van der Waals surface area contributed by atoms with Crippen molar-refractivity contribution < 1.29 is 0 Å². The Labute approximate surface area is 158 Å². The van der Waals surface area contributed by atoms with E-state index >= 15 is 0 Å². The Hall–Kier alpha value is -3.21. The first-order valence-corrected chi connectivity index (χ1v) is 9.39. The van der Waals surface area contributed by atoms with Crippen LogP contribution in [0.5, 0.6) is 0 Å². The van der Waals surface area contributed by atoms with Crippen LogP contribution in [0.25, 0.3) is 17.0 Å². The molecule has 1 aliphatic rings. The molecule has 0 N–H and O–H groups in total. The van der Waals surface area contributed by atoms with Crippen molar-refractivity contribution in [2.24, 2.45) is 0 Å². The second kappa shape index (κ2) is 6.50. The summed E-state index contributed by atoms with van der Waals surface area (Å²) in [5.74, 6) is 1.70. The van der Waals surface area contributed by atoms with Gasteiger partial charge in [-0.25, -0.2) is 4.98 Å². The quantitative estimate of drug-likeness (QED) is 0.545. The van der Waals surface area contributed by atoms with Gasteiger partial charge in [-0.3, -0.25) is 0 Å². The highest BCUT2D eigenvalue weighted by molar-refractivity contribution is 5.66. The van der Waals surface area contributed by atoms with Crippen molar-refractivity contribution in [1.29, 1.82) is 0 Å². The number of hydrogen-bond acceptors (Lipinski definition) is 4. The van der Waals surface area contributed by atoms with E-state index in [1.807, 2.05) is 22.7 Å². The minimum Gasteiger partial charge on any atom is -0.349 e. The van der Waals surface area contributed by atoms with Gasteiger partial charge in [-0.2, -0.15) is 14.6 Å². The average Bonchev–Trinajstić information content (AvgIpc) is 3.37. The first kappa shape index (κ1) is 16.0. The van der Waals surface area contributed by atoms with Crippen molar-refractivity contribution in [2.75, 3.05) is 11.4 Å². The molecular formula is C22H21N5. The number of aryl methyl sites for hydroxylation is 1. The molecule has 27 heavy (non-hydrogen) atoms. The van der Waals surface area contributed by atoms with Gasteiger partial charge < -0.3 is 4.90 Å². The van der Waals surface area contributed by atoms with E-state index in [9.17, 15) is 0 Å². The lowest BCUT2D eigenvalue weighted by Crippen LogP contribution is -2.25. The molecule has 1 atom stereocenters. The summed E-state index contributed by atoms with van der Waals surface area (Å²) in [5, 5.41) is 4.45. The summed E-state index contributed by atoms with van der Waals surface area (Å²) in [6, 6.07) is 21.6. The van der Waals surface area contributed by atoms with Crippen LogP contribution in [0.2, 0.25) is 0 Å². The van der Waals surface area contributed by atoms with Gasteiger partial charge in [0.25, 0.3) is 5.78 Å². The van der Waals surface area contributed by atoms with E-state index < -0.39 is 0 Å². The number of benzene rings is 2. The molecule has 0 radical (unpaired) electrons. The lowest BCUT2D eigenvalue weighted by molar-refractivity contribution is 0.698. The third-order valence-corrected chi connectivity index (χ3v) is 5.28. The molecule has 2 aromatic heterocycles. The first-order valence-electron chi connectivity index (χ1n) is 9.39. The van der Waals surface area contributed by atoms with Crippen molar-refractivity contribution >= 4 is 11.6 Å². The van der Waals surface area contributed by atoms with E-state index in [0.717, 1.165) is 36.5 Å². The Bertz CT molecular complexity index is 1090. The number of fused-ring (bicyclic) bond motifs is 1. The van der Waals surface area contributed by atoms with Gasteiger partial charge >= 0.3 is 0 Å². The van der Waals surface area contributed by atoms with Crippen LogP contribution in [-0.2, 0) is 0 Å². The lowest BCUT2D eigenvalue weighted by atomic mass is 10.0. The fourth-order valence-corrected chi connectivity index (χ4v) is 4.02. The van der Waals surface area contributed by atoms with E-state index in [1.54, 1.807) is 6.33 Å². The van der Waals surface area contributed by atoms with Gasteiger partial charge in [0.2, 0.25) is 0 Å². The normalized spacial score (nSPS) is 16.9. The monoisotopic (exact) mass is 355 g/mol. The molecule has 0 saturated carbocycles. The van der Waals surface area contributed by atoms with Crippen molar-refractivity contribution in [3.8, 4) is 11.3 Å². The van der Waals surface area contributed by atoms with Gasteiger partial charge in [0.15, 0.2) is 0 Å². The largest absolute Gasteiger partial charge is 0.349 e. The van der Waals surface area contributed by atoms with Crippen LogP contribution >= 0.6 is 0 Å². The van der Waals surface area contributed by atoms with Gasteiger partial charge in [-0.15, -0.1) is 0 Å². The average molecular weight is 355 g/mol. The lowest BCUT2D eigenvalue weighted by Gasteiger charge is -2.27. The minimum absolute atomic E-state index is 0.350. The molecule has 0 amide bonds. The maximum absolute atomic E-state index is 4.71. The molecule has 0 spiro atoms. The van der Waals surface area contributed by atoms with Crippen LogP contribution in [0.1, 0.15) is 30.0 Å². The Kier molecular flexibility index (Phi) is 3.85. The van der Waals surface area contributed by atoms with Crippen molar-refractivity contribution in [3.05, 3.63) is 78.1 Å². The zero-order valence-corrected chi connectivity index (χ0v) is 15.3. The van der Waals surface area contributed by atoms with Crippen LogP contribution in [0.4, 0.5) is 5.82 Å². The summed E-state index contributed by atoms with van der Waals surface area (Å²) >= 11 is 0. The van der Waals surface area contributed by atoms with Crippen LogP contribution in [0, 0.1) is 6.92 Å². The van der Waals surface area contributed by atoms with Gasteiger partial charge in [-0.05, 0) is 25.3 Å². The molecule has 4 aromatic rings. The van der Waals surface area contributed by atoms with E-state index in [1.165, 1.54) is 11.1 Å². The predicted molar refractivity (Wildman–Crippen MR) is 107 cm³/mol. The van der Waals surface area contributed by atoms with E-state index in [4.69, 9.17) is 4.98 Å². The highest BCUT2D eigenvalue weighted by Crippen LogP contribution is 2.37. The maximum atomic E-state index is 4.71. The summed E-state index contributed by atoms with van der Waals surface area (Å²) in [6.45, 7) is 3.16. The molecule has 0 aliphatic carbocycles. The highest BCUT2D eigenvalue weighted by atomic mass is 15.4. The van der Waals surface area contributed by atoms with Crippen LogP contribution in [-0.4, -0.2) is 26.1 Å². The Morgan fingerprint density at radius 2 is 1.89 bits per heavy atom. The summed E-state index contributed by atoms with van der Waals surface area (Å²) in [6.07, 6.45) is 3.89. The van der Waals surface area contributed by atoms with Gasteiger partial charge in [-0.1, -0.05) is 60.2 Å².